The Kier molecular flexibility index (Phi) is 3.90. The molecule has 0 atom stereocenters. The van der Waals surface area contributed by atoms with Crippen LogP contribution in [0.3, 0.4) is 0 Å². The Hall–Kier alpha value is -1.91. The number of aromatic nitrogens is 2. The van der Waals surface area contributed by atoms with Crippen molar-refractivity contribution in [3.05, 3.63) is 69.8 Å². The standard InChI is InChI=1S/C16H10BrClN2O/c17-12-7-4-8-13(9-12)20-16(18)14(10-21)15(19-20)11-5-2-1-3-6-11/h1-10H. The lowest BCUT2D eigenvalue weighted by molar-refractivity contribution is 0.112. The molecule has 0 saturated carbocycles. The van der Waals surface area contributed by atoms with E-state index in [4.69, 9.17) is 11.6 Å². The van der Waals surface area contributed by atoms with Gasteiger partial charge in [0.05, 0.1) is 11.3 Å². The van der Waals surface area contributed by atoms with Gasteiger partial charge in [-0.25, -0.2) is 4.68 Å². The molecule has 3 nitrogen and oxygen atoms in total. The summed E-state index contributed by atoms with van der Waals surface area (Å²) in [6, 6.07) is 17.1. The number of carbonyl (C=O) groups excluding carboxylic acids is 1. The molecular formula is C16H10BrClN2O. The molecule has 5 heteroatoms. The molecule has 0 spiro atoms. The summed E-state index contributed by atoms with van der Waals surface area (Å²) in [6.07, 6.45) is 0.742. The second-order valence-corrected chi connectivity index (χ2v) is 5.70. The lowest BCUT2D eigenvalue weighted by Gasteiger charge is -2.03. The molecule has 0 amide bonds. The maximum atomic E-state index is 11.4. The molecule has 0 fully saturated rings. The second-order valence-electron chi connectivity index (χ2n) is 4.43. The maximum absolute atomic E-state index is 11.4. The number of hydrogen-bond donors (Lipinski definition) is 0. The molecule has 21 heavy (non-hydrogen) atoms. The van der Waals surface area contributed by atoms with Crippen molar-refractivity contribution in [1.82, 2.24) is 9.78 Å². The van der Waals surface area contributed by atoms with Crippen LogP contribution in [0.5, 0.6) is 0 Å². The van der Waals surface area contributed by atoms with Crippen molar-refractivity contribution < 1.29 is 4.79 Å². The van der Waals surface area contributed by atoms with E-state index in [1.54, 1.807) is 4.68 Å². The molecule has 1 heterocycles. The third kappa shape index (κ3) is 2.64. The number of carbonyl (C=O) groups is 1. The van der Waals surface area contributed by atoms with Gasteiger partial charge in [0, 0.05) is 10.0 Å². The van der Waals surface area contributed by atoms with Gasteiger partial charge in [0.15, 0.2) is 6.29 Å². The van der Waals surface area contributed by atoms with Crippen molar-refractivity contribution in [3.63, 3.8) is 0 Å². The first-order chi connectivity index (χ1) is 10.2. The van der Waals surface area contributed by atoms with Crippen LogP contribution in [0.25, 0.3) is 16.9 Å². The molecule has 3 aromatic rings. The Morgan fingerprint density at radius 1 is 1.10 bits per heavy atom. The fraction of sp³-hybridized carbons (Fsp3) is 0. The first-order valence-corrected chi connectivity index (χ1v) is 7.43. The number of aldehydes is 1. The minimum atomic E-state index is 0.307. The van der Waals surface area contributed by atoms with Gasteiger partial charge in [-0.3, -0.25) is 4.79 Å². The number of benzene rings is 2. The van der Waals surface area contributed by atoms with Gasteiger partial charge in [0.25, 0.3) is 0 Å². The fourth-order valence-corrected chi connectivity index (χ4v) is 2.76. The average Bonchev–Trinajstić information content (AvgIpc) is 2.85. The highest BCUT2D eigenvalue weighted by atomic mass is 79.9. The van der Waals surface area contributed by atoms with E-state index < -0.39 is 0 Å². The van der Waals surface area contributed by atoms with Crippen molar-refractivity contribution in [3.8, 4) is 16.9 Å². The molecule has 0 aliphatic heterocycles. The molecule has 0 bridgehead atoms. The molecule has 0 unspecified atom stereocenters. The van der Waals surface area contributed by atoms with Gasteiger partial charge in [-0.2, -0.15) is 5.10 Å². The summed E-state index contributed by atoms with van der Waals surface area (Å²) < 4.78 is 2.48. The number of hydrogen-bond acceptors (Lipinski definition) is 2. The summed E-state index contributed by atoms with van der Waals surface area (Å²) in [5, 5.41) is 4.80. The van der Waals surface area contributed by atoms with E-state index in [0.29, 0.717) is 16.4 Å². The number of halogens is 2. The summed E-state index contributed by atoms with van der Waals surface area (Å²) >= 11 is 9.74. The monoisotopic (exact) mass is 360 g/mol. The number of nitrogens with zero attached hydrogens (tertiary/aromatic N) is 2. The lowest BCUT2D eigenvalue weighted by Crippen LogP contribution is -1.96. The topological polar surface area (TPSA) is 34.9 Å². The largest absolute Gasteiger partial charge is 0.298 e. The molecular weight excluding hydrogens is 352 g/mol. The van der Waals surface area contributed by atoms with Gasteiger partial charge in [0.2, 0.25) is 0 Å². The first kappa shape index (κ1) is 14.0. The van der Waals surface area contributed by atoms with Crippen LogP contribution >= 0.6 is 27.5 Å². The zero-order valence-corrected chi connectivity index (χ0v) is 13.2. The normalized spacial score (nSPS) is 10.6. The Morgan fingerprint density at radius 3 is 2.52 bits per heavy atom. The van der Waals surface area contributed by atoms with Crippen LogP contribution in [0.2, 0.25) is 5.15 Å². The zero-order valence-electron chi connectivity index (χ0n) is 10.8. The molecule has 0 saturated heterocycles. The minimum absolute atomic E-state index is 0.307. The van der Waals surface area contributed by atoms with Gasteiger partial charge in [-0.05, 0) is 18.2 Å². The van der Waals surface area contributed by atoms with Crippen LogP contribution in [0.4, 0.5) is 0 Å². The van der Waals surface area contributed by atoms with Crippen LogP contribution in [0.1, 0.15) is 10.4 Å². The lowest BCUT2D eigenvalue weighted by atomic mass is 10.1. The van der Waals surface area contributed by atoms with Gasteiger partial charge in [-0.1, -0.05) is 63.9 Å². The molecule has 0 aliphatic carbocycles. The Labute approximate surface area is 135 Å². The second kappa shape index (κ2) is 5.84. The van der Waals surface area contributed by atoms with Crippen molar-refractivity contribution >= 4 is 33.8 Å². The SMILES string of the molecule is O=Cc1c(-c2ccccc2)nn(-c2cccc(Br)c2)c1Cl. The van der Waals surface area contributed by atoms with Crippen molar-refractivity contribution in [1.29, 1.82) is 0 Å². The van der Waals surface area contributed by atoms with Crippen LogP contribution < -0.4 is 0 Å². The summed E-state index contributed by atoms with van der Waals surface area (Å²) in [6.45, 7) is 0. The Bertz CT molecular complexity index is 799. The Balaban J connectivity index is 2.21. The zero-order chi connectivity index (χ0) is 14.8. The molecule has 0 radical (unpaired) electrons. The van der Waals surface area contributed by atoms with E-state index in [1.807, 2.05) is 54.6 Å². The predicted molar refractivity (Wildman–Crippen MR) is 87.1 cm³/mol. The summed E-state index contributed by atoms with van der Waals surface area (Å²) in [4.78, 5) is 11.4. The first-order valence-electron chi connectivity index (χ1n) is 6.26. The van der Waals surface area contributed by atoms with E-state index in [2.05, 4.69) is 21.0 Å². The van der Waals surface area contributed by atoms with Crippen molar-refractivity contribution in [2.75, 3.05) is 0 Å². The Morgan fingerprint density at radius 2 is 1.86 bits per heavy atom. The molecule has 0 N–H and O–H groups in total. The van der Waals surface area contributed by atoms with E-state index in [0.717, 1.165) is 22.0 Å². The third-order valence-corrected chi connectivity index (χ3v) is 3.94. The summed E-state index contributed by atoms with van der Waals surface area (Å²) in [7, 11) is 0. The van der Waals surface area contributed by atoms with Crippen molar-refractivity contribution in [2.24, 2.45) is 0 Å². The predicted octanol–water partition coefficient (Wildman–Crippen LogP) is 4.77. The van der Waals surface area contributed by atoms with E-state index in [1.165, 1.54) is 0 Å². The third-order valence-electron chi connectivity index (χ3n) is 3.08. The van der Waals surface area contributed by atoms with Crippen LogP contribution in [-0.2, 0) is 0 Å². The maximum Gasteiger partial charge on any atom is 0.155 e. The quantitative estimate of drug-likeness (QED) is 0.630. The van der Waals surface area contributed by atoms with Crippen LogP contribution in [-0.4, -0.2) is 16.1 Å². The summed E-state index contributed by atoms with van der Waals surface area (Å²) in [5.41, 5.74) is 2.62. The molecule has 0 aliphatic rings. The van der Waals surface area contributed by atoms with Gasteiger partial charge < -0.3 is 0 Å². The van der Waals surface area contributed by atoms with Gasteiger partial charge in [-0.15, -0.1) is 0 Å². The molecule has 3 rings (SSSR count). The molecule has 104 valence electrons. The van der Waals surface area contributed by atoms with E-state index in [-0.39, 0.29) is 0 Å². The van der Waals surface area contributed by atoms with E-state index in [9.17, 15) is 4.79 Å². The highest BCUT2D eigenvalue weighted by Crippen LogP contribution is 2.30. The average molecular weight is 362 g/mol. The van der Waals surface area contributed by atoms with Crippen molar-refractivity contribution in [2.45, 2.75) is 0 Å². The van der Waals surface area contributed by atoms with E-state index >= 15 is 0 Å². The van der Waals surface area contributed by atoms with Gasteiger partial charge in [0.1, 0.15) is 10.8 Å². The minimum Gasteiger partial charge on any atom is -0.298 e. The molecule has 1 aromatic heterocycles. The van der Waals surface area contributed by atoms with Crippen LogP contribution in [0.15, 0.2) is 59.1 Å². The highest BCUT2D eigenvalue weighted by molar-refractivity contribution is 9.10. The van der Waals surface area contributed by atoms with Gasteiger partial charge >= 0.3 is 0 Å². The molecule has 2 aromatic carbocycles. The fourth-order valence-electron chi connectivity index (χ4n) is 2.10. The summed E-state index contributed by atoms with van der Waals surface area (Å²) in [5.74, 6) is 0. The smallest absolute Gasteiger partial charge is 0.155 e. The number of rotatable bonds is 3. The highest BCUT2D eigenvalue weighted by Gasteiger charge is 2.18. The van der Waals surface area contributed by atoms with Crippen LogP contribution in [0, 0.1) is 0 Å².